The number of carbonyl (C=O) groups excluding carboxylic acids is 1. The zero-order valence-electron chi connectivity index (χ0n) is 10.6. The molecule has 0 radical (unpaired) electrons. The maximum absolute atomic E-state index is 11.9. The van der Waals surface area contributed by atoms with Gasteiger partial charge in [-0.25, -0.2) is 4.98 Å². The molecule has 2 aromatic rings. The number of halogens is 1. The normalized spacial score (nSPS) is 10.7. The molecule has 0 fully saturated rings. The topological polar surface area (TPSA) is 68.0 Å². The van der Waals surface area contributed by atoms with Gasteiger partial charge < -0.3 is 11.1 Å². The number of hydrogen-bond donors (Lipinski definition) is 2. The number of nitrogens with zero attached hydrogens (tertiary/aromatic N) is 1. The Morgan fingerprint density at radius 3 is 2.84 bits per heavy atom. The number of hydrogen-bond acceptors (Lipinski definition) is 5. The van der Waals surface area contributed by atoms with E-state index in [0.717, 1.165) is 10.2 Å². The van der Waals surface area contributed by atoms with Crippen molar-refractivity contribution >= 4 is 49.7 Å². The molecule has 0 aliphatic heterocycles. The van der Waals surface area contributed by atoms with E-state index in [0.29, 0.717) is 15.8 Å². The third kappa shape index (κ3) is 3.33. The molecule has 0 bridgehead atoms. The monoisotopic (exact) mass is 339 g/mol. The SMILES string of the molecule is CC(C)C(=O)c1sc(Nc2cccc(Br)c2)nc1N. The highest BCUT2D eigenvalue weighted by atomic mass is 79.9. The smallest absolute Gasteiger partial charge is 0.189 e. The summed E-state index contributed by atoms with van der Waals surface area (Å²) in [4.78, 5) is 16.6. The number of thiazole rings is 1. The molecule has 4 nitrogen and oxygen atoms in total. The summed E-state index contributed by atoms with van der Waals surface area (Å²) in [5, 5.41) is 3.77. The van der Waals surface area contributed by atoms with Crippen molar-refractivity contribution in [3.8, 4) is 0 Å². The van der Waals surface area contributed by atoms with Crippen molar-refractivity contribution < 1.29 is 4.79 Å². The molecule has 6 heteroatoms. The van der Waals surface area contributed by atoms with Crippen LogP contribution < -0.4 is 11.1 Å². The van der Waals surface area contributed by atoms with Crippen LogP contribution >= 0.6 is 27.3 Å². The number of anilines is 3. The number of rotatable bonds is 4. The Kier molecular flexibility index (Phi) is 4.21. The number of carbonyl (C=O) groups is 1. The first kappa shape index (κ1) is 14.0. The van der Waals surface area contributed by atoms with Gasteiger partial charge in [0.25, 0.3) is 0 Å². The van der Waals surface area contributed by atoms with E-state index < -0.39 is 0 Å². The quantitative estimate of drug-likeness (QED) is 0.824. The van der Waals surface area contributed by atoms with Crippen LogP contribution in [0.1, 0.15) is 23.5 Å². The lowest BCUT2D eigenvalue weighted by atomic mass is 10.1. The Hall–Kier alpha value is -1.40. The molecule has 1 aromatic carbocycles. The fourth-order valence-electron chi connectivity index (χ4n) is 1.51. The number of aromatic nitrogens is 1. The molecule has 0 aliphatic carbocycles. The van der Waals surface area contributed by atoms with Crippen LogP contribution in [0.15, 0.2) is 28.7 Å². The molecule has 19 heavy (non-hydrogen) atoms. The molecule has 3 N–H and O–H groups in total. The number of Topliss-reactive ketones (excluding diaryl/α,β-unsaturated/α-hetero) is 1. The lowest BCUT2D eigenvalue weighted by molar-refractivity contribution is 0.0944. The van der Waals surface area contributed by atoms with Gasteiger partial charge >= 0.3 is 0 Å². The summed E-state index contributed by atoms with van der Waals surface area (Å²) in [6.07, 6.45) is 0. The summed E-state index contributed by atoms with van der Waals surface area (Å²) < 4.78 is 0.973. The van der Waals surface area contributed by atoms with Gasteiger partial charge in [0, 0.05) is 16.1 Å². The van der Waals surface area contributed by atoms with Crippen molar-refractivity contribution in [3.05, 3.63) is 33.6 Å². The third-order valence-electron chi connectivity index (χ3n) is 2.48. The molecule has 0 spiro atoms. The first-order valence-corrected chi connectivity index (χ1v) is 7.41. The zero-order valence-corrected chi connectivity index (χ0v) is 13.0. The molecular weight excluding hydrogens is 326 g/mol. The van der Waals surface area contributed by atoms with Gasteiger partial charge in [0.2, 0.25) is 0 Å². The van der Waals surface area contributed by atoms with E-state index in [9.17, 15) is 4.79 Å². The van der Waals surface area contributed by atoms with Gasteiger partial charge in [-0.1, -0.05) is 47.2 Å². The molecule has 0 aliphatic rings. The standard InChI is InChI=1S/C13H14BrN3OS/c1-7(2)10(18)11-12(15)17-13(19-11)16-9-5-3-4-8(14)6-9/h3-7H,15H2,1-2H3,(H,16,17). The van der Waals surface area contributed by atoms with Gasteiger partial charge in [-0.3, -0.25) is 4.79 Å². The number of benzene rings is 1. The fourth-order valence-corrected chi connectivity index (χ4v) is 2.91. The molecule has 0 amide bonds. The van der Waals surface area contributed by atoms with E-state index in [4.69, 9.17) is 5.73 Å². The first-order chi connectivity index (χ1) is 8.97. The average molecular weight is 340 g/mol. The van der Waals surface area contributed by atoms with Crippen molar-refractivity contribution in [2.24, 2.45) is 5.92 Å². The van der Waals surface area contributed by atoms with Crippen molar-refractivity contribution in [2.75, 3.05) is 11.1 Å². The lowest BCUT2D eigenvalue weighted by Crippen LogP contribution is -2.07. The van der Waals surface area contributed by atoms with Gasteiger partial charge in [0.1, 0.15) is 10.7 Å². The third-order valence-corrected chi connectivity index (χ3v) is 3.97. The van der Waals surface area contributed by atoms with E-state index in [-0.39, 0.29) is 11.7 Å². The van der Waals surface area contributed by atoms with E-state index in [2.05, 4.69) is 26.2 Å². The minimum Gasteiger partial charge on any atom is -0.382 e. The molecule has 0 unspecified atom stereocenters. The van der Waals surface area contributed by atoms with Crippen LogP contribution in [-0.4, -0.2) is 10.8 Å². The van der Waals surface area contributed by atoms with Gasteiger partial charge in [-0.05, 0) is 18.2 Å². The maximum Gasteiger partial charge on any atom is 0.189 e. The molecule has 0 atom stereocenters. The van der Waals surface area contributed by atoms with E-state index in [1.807, 2.05) is 38.1 Å². The molecular formula is C13H14BrN3OS. The molecule has 1 aromatic heterocycles. The predicted octanol–water partition coefficient (Wildman–Crippen LogP) is 4.07. The predicted molar refractivity (Wildman–Crippen MR) is 83.1 cm³/mol. The second-order valence-corrected chi connectivity index (χ2v) is 6.30. The minimum atomic E-state index is -0.0820. The van der Waals surface area contributed by atoms with Crippen molar-refractivity contribution in [2.45, 2.75) is 13.8 Å². The zero-order chi connectivity index (χ0) is 14.0. The van der Waals surface area contributed by atoms with Crippen LogP contribution in [0.25, 0.3) is 0 Å². The molecule has 2 rings (SSSR count). The van der Waals surface area contributed by atoms with Crippen molar-refractivity contribution in [1.29, 1.82) is 0 Å². The van der Waals surface area contributed by atoms with Gasteiger partial charge in [0.05, 0.1) is 0 Å². The van der Waals surface area contributed by atoms with Crippen molar-refractivity contribution in [3.63, 3.8) is 0 Å². The summed E-state index contributed by atoms with van der Waals surface area (Å²) in [7, 11) is 0. The highest BCUT2D eigenvalue weighted by Gasteiger charge is 2.18. The minimum absolute atomic E-state index is 0.0253. The van der Waals surface area contributed by atoms with Crippen LogP contribution in [0.5, 0.6) is 0 Å². The first-order valence-electron chi connectivity index (χ1n) is 5.80. The average Bonchev–Trinajstić information content (AvgIpc) is 2.69. The van der Waals surface area contributed by atoms with Crippen LogP contribution in [0.2, 0.25) is 0 Å². The van der Waals surface area contributed by atoms with E-state index >= 15 is 0 Å². The largest absolute Gasteiger partial charge is 0.382 e. The Bertz CT molecular complexity index is 610. The molecule has 100 valence electrons. The summed E-state index contributed by atoms with van der Waals surface area (Å²) in [6, 6.07) is 7.71. The summed E-state index contributed by atoms with van der Waals surface area (Å²) in [5.41, 5.74) is 6.69. The second kappa shape index (κ2) is 5.71. The van der Waals surface area contributed by atoms with Crippen molar-refractivity contribution in [1.82, 2.24) is 4.98 Å². The summed E-state index contributed by atoms with van der Waals surface area (Å²) in [6.45, 7) is 3.70. The van der Waals surface area contributed by atoms with Crippen LogP contribution in [0.3, 0.4) is 0 Å². The fraction of sp³-hybridized carbons (Fsp3) is 0.231. The number of nitrogens with one attached hydrogen (secondary N) is 1. The molecule has 0 saturated heterocycles. The summed E-state index contributed by atoms with van der Waals surface area (Å²) in [5.74, 6) is 0.236. The van der Waals surface area contributed by atoms with Gasteiger partial charge in [-0.15, -0.1) is 0 Å². The van der Waals surface area contributed by atoms with Crippen LogP contribution in [0, 0.1) is 5.92 Å². The number of nitrogens with two attached hydrogens (primary N) is 1. The Balaban J connectivity index is 2.23. The van der Waals surface area contributed by atoms with Crippen LogP contribution in [0.4, 0.5) is 16.6 Å². The van der Waals surface area contributed by atoms with Crippen LogP contribution in [-0.2, 0) is 0 Å². The Morgan fingerprint density at radius 2 is 2.21 bits per heavy atom. The Labute approximate surface area is 124 Å². The van der Waals surface area contributed by atoms with E-state index in [1.165, 1.54) is 11.3 Å². The number of nitrogen functional groups attached to an aromatic ring is 1. The molecule has 0 saturated carbocycles. The lowest BCUT2D eigenvalue weighted by Gasteiger charge is -2.02. The number of ketones is 1. The highest BCUT2D eigenvalue weighted by Crippen LogP contribution is 2.30. The van der Waals surface area contributed by atoms with E-state index in [1.54, 1.807) is 0 Å². The summed E-state index contributed by atoms with van der Waals surface area (Å²) >= 11 is 4.69. The molecule has 1 heterocycles. The van der Waals surface area contributed by atoms with Gasteiger partial charge in [-0.2, -0.15) is 0 Å². The second-order valence-electron chi connectivity index (χ2n) is 4.39. The highest BCUT2D eigenvalue weighted by molar-refractivity contribution is 9.10. The van der Waals surface area contributed by atoms with Gasteiger partial charge in [0.15, 0.2) is 10.9 Å². The maximum atomic E-state index is 11.9. The Morgan fingerprint density at radius 1 is 1.47 bits per heavy atom.